The van der Waals surface area contributed by atoms with Crippen LogP contribution in [0.2, 0.25) is 0 Å². The van der Waals surface area contributed by atoms with Crippen molar-refractivity contribution in [2.24, 2.45) is 5.92 Å². The predicted molar refractivity (Wildman–Crippen MR) is 89.5 cm³/mol. The van der Waals surface area contributed by atoms with Crippen molar-refractivity contribution in [2.75, 3.05) is 20.2 Å². The highest BCUT2D eigenvalue weighted by Gasteiger charge is 2.41. The van der Waals surface area contributed by atoms with Crippen molar-refractivity contribution in [3.05, 3.63) is 28.3 Å². The second-order valence-corrected chi connectivity index (χ2v) is 7.32. The Morgan fingerprint density at radius 3 is 3.08 bits per heavy atom. The molecule has 2 atom stereocenters. The number of rotatable bonds is 6. The molecule has 0 aliphatic carbocycles. The van der Waals surface area contributed by atoms with Crippen molar-refractivity contribution >= 4 is 17.2 Å². The van der Waals surface area contributed by atoms with E-state index in [4.69, 9.17) is 9.26 Å². The Bertz CT molecular complexity index is 719. The lowest BCUT2D eigenvalue weighted by Gasteiger charge is -2.35. The molecule has 134 valence electrons. The smallest absolute Gasteiger partial charge is 0.240 e. The van der Waals surface area contributed by atoms with E-state index in [1.165, 1.54) is 0 Å². The SMILES string of the molecule is COCc1noc(CN2C[C@@H]3CC[C@H](C2)N(Cc2cscn2)C3=O)n1. The van der Waals surface area contributed by atoms with Gasteiger partial charge < -0.3 is 14.2 Å². The van der Waals surface area contributed by atoms with Crippen molar-refractivity contribution in [1.82, 2.24) is 24.9 Å². The fourth-order valence-electron chi connectivity index (χ4n) is 3.69. The minimum atomic E-state index is 0.0405. The number of aromatic nitrogens is 3. The zero-order valence-corrected chi connectivity index (χ0v) is 14.9. The molecule has 3 saturated heterocycles. The largest absolute Gasteiger partial charge is 0.377 e. The maximum Gasteiger partial charge on any atom is 0.240 e. The highest BCUT2D eigenvalue weighted by atomic mass is 32.1. The van der Waals surface area contributed by atoms with Crippen LogP contribution in [0.1, 0.15) is 30.3 Å². The highest BCUT2D eigenvalue weighted by Crippen LogP contribution is 2.31. The molecule has 0 spiro atoms. The molecule has 1 amide bonds. The quantitative estimate of drug-likeness (QED) is 0.765. The van der Waals surface area contributed by atoms with E-state index in [0.717, 1.165) is 31.6 Å². The maximum atomic E-state index is 12.8. The molecule has 8 nitrogen and oxygen atoms in total. The summed E-state index contributed by atoms with van der Waals surface area (Å²) in [6, 6.07) is 0.217. The molecule has 25 heavy (non-hydrogen) atoms. The first kappa shape index (κ1) is 16.6. The van der Waals surface area contributed by atoms with E-state index < -0.39 is 0 Å². The summed E-state index contributed by atoms with van der Waals surface area (Å²) in [6.07, 6.45) is 1.99. The van der Waals surface area contributed by atoms with Gasteiger partial charge in [-0.1, -0.05) is 5.16 Å². The molecule has 3 aliphatic heterocycles. The van der Waals surface area contributed by atoms with Crippen LogP contribution in [0.25, 0.3) is 0 Å². The summed E-state index contributed by atoms with van der Waals surface area (Å²) in [6.45, 7) is 3.09. The van der Waals surface area contributed by atoms with E-state index >= 15 is 0 Å². The summed E-state index contributed by atoms with van der Waals surface area (Å²) in [5.74, 6) is 1.42. The number of methoxy groups -OCH3 is 1. The van der Waals surface area contributed by atoms with Gasteiger partial charge in [-0.3, -0.25) is 9.69 Å². The zero-order valence-electron chi connectivity index (χ0n) is 14.1. The van der Waals surface area contributed by atoms with Crippen LogP contribution in [0.3, 0.4) is 0 Å². The van der Waals surface area contributed by atoms with Crippen molar-refractivity contribution in [3.63, 3.8) is 0 Å². The van der Waals surface area contributed by atoms with Crippen LogP contribution in [0.15, 0.2) is 15.4 Å². The summed E-state index contributed by atoms with van der Waals surface area (Å²) in [5.41, 5.74) is 2.79. The molecule has 3 fully saturated rings. The van der Waals surface area contributed by atoms with Crippen molar-refractivity contribution in [2.45, 2.75) is 38.6 Å². The number of ether oxygens (including phenoxy) is 1. The van der Waals surface area contributed by atoms with Crippen LogP contribution in [-0.2, 0) is 29.2 Å². The molecule has 0 unspecified atom stereocenters. The number of hydrogen-bond donors (Lipinski definition) is 0. The Kier molecular flexibility index (Phi) is 4.78. The fraction of sp³-hybridized carbons (Fsp3) is 0.625. The third-order valence-electron chi connectivity index (χ3n) is 4.83. The van der Waals surface area contributed by atoms with E-state index in [1.807, 2.05) is 15.8 Å². The van der Waals surface area contributed by atoms with Gasteiger partial charge in [-0.15, -0.1) is 11.3 Å². The normalized spacial score (nSPS) is 24.0. The summed E-state index contributed by atoms with van der Waals surface area (Å²) >= 11 is 1.57. The number of thiazole rings is 1. The average molecular weight is 363 g/mol. The number of fused-ring (bicyclic) bond motifs is 4. The number of piperidine rings is 1. The molecule has 2 aromatic heterocycles. The highest BCUT2D eigenvalue weighted by molar-refractivity contribution is 7.07. The Balaban J connectivity index is 1.45. The Morgan fingerprint density at radius 1 is 1.36 bits per heavy atom. The molecular weight excluding hydrogens is 342 g/mol. The average Bonchev–Trinajstić information content (AvgIpc) is 3.19. The number of carbonyl (C=O) groups is 1. The van der Waals surface area contributed by atoms with E-state index in [2.05, 4.69) is 20.0 Å². The Morgan fingerprint density at radius 2 is 2.28 bits per heavy atom. The first-order chi connectivity index (χ1) is 12.2. The molecule has 2 bridgehead atoms. The topological polar surface area (TPSA) is 84.6 Å². The molecule has 5 heterocycles. The zero-order chi connectivity index (χ0) is 17.2. The molecule has 0 saturated carbocycles. The first-order valence-corrected chi connectivity index (χ1v) is 9.37. The maximum absolute atomic E-state index is 12.8. The minimum absolute atomic E-state index is 0.0405. The lowest BCUT2D eigenvalue weighted by Crippen LogP contribution is -2.47. The van der Waals surface area contributed by atoms with Crippen molar-refractivity contribution in [3.8, 4) is 0 Å². The Hall–Kier alpha value is -1.84. The molecule has 2 aromatic rings. The van der Waals surface area contributed by atoms with Crippen LogP contribution in [0, 0.1) is 5.92 Å². The van der Waals surface area contributed by atoms with Crippen LogP contribution in [-0.4, -0.2) is 57.1 Å². The monoisotopic (exact) mass is 363 g/mol. The van der Waals surface area contributed by atoms with Crippen LogP contribution < -0.4 is 0 Å². The van der Waals surface area contributed by atoms with Crippen LogP contribution in [0.5, 0.6) is 0 Å². The van der Waals surface area contributed by atoms with Gasteiger partial charge >= 0.3 is 0 Å². The first-order valence-electron chi connectivity index (χ1n) is 8.43. The van der Waals surface area contributed by atoms with Crippen LogP contribution in [0.4, 0.5) is 0 Å². The predicted octanol–water partition coefficient (Wildman–Crippen LogP) is 1.30. The molecule has 0 aromatic carbocycles. The van der Waals surface area contributed by atoms with Gasteiger partial charge in [-0.2, -0.15) is 4.98 Å². The van der Waals surface area contributed by atoms with E-state index in [0.29, 0.717) is 31.4 Å². The second-order valence-electron chi connectivity index (χ2n) is 6.61. The number of nitrogens with zero attached hydrogens (tertiary/aromatic N) is 5. The van der Waals surface area contributed by atoms with Gasteiger partial charge in [0, 0.05) is 31.6 Å². The van der Waals surface area contributed by atoms with Crippen molar-refractivity contribution < 1.29 is 14.1 Å². The summed E-state index contributed by atoms with van der Waals surface area (Å²) in [7, 11) is 1.60. The standard InChI is InChI=1S/C16H21N5O3S/c1-23-8-14-18-15(24-19-14)7-20-4-11-2-3-13(6-20)21(16(11)22)5-12-9-25-10-17-12/h9-11,13H,2-8H2,1H3/t11-,13+/m0/s1. The van der Waals surface area contributed by atoms with Gasteiger partial charge in [0.25, 0.3) is 0 Å². The van der Waals surface area contributed by atoms with Gasteiger partial charge in [-0.25, -0.2) is 4.98 Å². The summed E-state index contributed by atoms with van der Waals surface area (Å²) in [5, 5.41) is 5.92. The third kappa shape index (κ3) is 3.58. The Labute approximate surface area is 149 Å². The van der Waals surface area contributed by atoms with Gasteiger partial charge in [0.1, 0.15) is 6.61 Å². The number of hydrogen-bond acceptors (Lipinski definition) is 8. The third-order valence-corrected chi connectivity index (χ3v) is 5.46. The minimum Gasteiger partial charge on any atom is -0.377 e. The van der Waals surface area contributed by atoms with E-state index in [-0.39, 0.29) is 17.9 Å². The molecule has 3 aliphatic rings. The van der Waals surface area contributed by atoms with E-state index in [1.54, 1.807) is 18.4 Å². The fourth-order valence-corrected chi connectivity index (χ4v) is 4.24. The molecule has 5 rings (SSSR count). The van der Waals surface area contributed by atoms with Gasteiger partial charge in [0.05, 0.1) is 30.2 Å². The molecule has 9 heteroatoms. The lowest BCUT2D eigenvalue weighted by atomic mass is 9.94. The lowest BCUT2D eigenvalue weighted by molar-refractivity contribution is -0.140. The molecular formula is C16H21N5O3S. The van der Waals surface area contributed by atoms with Crippen molar-refractivity contribution in [1.29, 1.82) is 0 Å². The van der Waals surface area contributed by atoms with Gasteiger partial charge in [0.15, 0.2) is 5.82 Å². The van der Waals surface area contributed by atoms with Gasteiger partial charge in [-0.05, 0) is 12.8 Å². The summed E-state index contributed by atoms with van der Waals surface area (Å²) in [4.78, 5) is 25.8. The molecule has 0 radical (unpaired) electrons. The van der Waals surface area contributed by atoms with Gasteiger partial charge in [0.2, 0.25) is 11.8 Å². The number of carbonyl (C=O) groups excluding carboxylic acids is 1. The summed E-state index contributed by atoms with van der Waals surface area (Å²) < 4.78 is 10.3. The molecule has 0 N–H and O–H groups in total. The second kappa shape index (κ2) is 7.19. The van der Waals surface area contributed by atoms with E-state index in [9.17, 15) is 4.79 Å². The van der Waals surface area contributed by atoms with Crippen LogP contribution >= 0.6 is 11.3 Å². The number of amides is 1.